The third-order valence-electron chi connectivity index (χ3n) is 6.26. The summed E-state index contributed by atoms with van der Waals surface area (Å²) in [4.78, 5) is 32.3. The molecule has 2 aliphatic heterocycles. The molecular weight excluding hydrogens is 386 g/mol. The Balaban J connectivity index is 1.77. The number of urea groups is 1. The zero-order valence-corrected chi connectivity index (χ0v) is 18.6. The van der Waals surface area contributed by atoms with Gasteiger partial charge < -0.3 is 9.64 Å². The molecule has 0 radical (unpaired) electrons. The summed E-state index contributed by atoms with van der Waals surface area (Å²) >= 11 is 1.85. The SMILES string of the molecule is COCCN1C(=O)N(CCc2ccccc2)C2(CCN([C@H](C)CSC)CC2)C1=O. The minimum atomic E-state index is -0.699. The molecule has 6 nitrogen and oxygen atoms in total. The van der Waals surface area contributed by atoms with E-state index in [2.05, 4.69) is 30.2 Å². The normalized spacial score (nSPS) is 20.7. The first-order valence-electron chi connectivity index (χ1n) is 10.4. The number of rotatable bonds is 9. The molecule has 0 unspecified atom stereocenters. The van der Waals surface area contributed by atoms with E-state index < -0.39 is 5.54 Å². The number of hydrogen-bond donors (Lipinski definition) is 0. The summed E-state index contributed by atoms with van der Waals surface area (Å²) < 4.78 is 5.14. The Morgan fingerprint density at radius 2 is 1.83 bits per heavy atom. The van der Waals surface area contributed by atoms with Crippen LogP contribution in [0.15, 0.2) is 30.3 Å². The maximum absolute atomic E-state index is 13.4. The standard InChI is InChI=1S/C22H33N3O3S/c1-18(17-29-3)23-13-10-22(11-14-23)20(26)24(15-16-28-2)21(27)25(22)12-9-19-7-5-4-6-8-19/h4-8,18H,9-17H2,1-3H3/t18-/m1/s1. The Morgan fingerprint density at radius 1 is 1.14 bits per heavy atom. The summed E-state index contributed by atoms with van der Waals surface area (Å²) in [6, 6.07) is 10.5. The topological polar surface area (TPSA) is 53.1 Å². The molecule has 7 heteroatoms. The van der Waals surface area contributed by atoms with Crippen LogP contribution in [0.25, 0.3) is 0 Å². The fraction of sp³-hybridized carbons (Fsp3) is 0.636. The van der Waals surface area contributed by atoms with Crippen LogP contribution in [0.1, 0.15) is 25.3 Å². The second-order valence-electron chi connectivity index (χ2n) is 7.99. The molecule has 1 spiro atoms. The van der Waals surface area contributed by atoms with Crippen LogP contribution < -0.4 is 0 Å². The van der Waals surface area contributed by atoms with Gasteiger partial charge >= 0.3 is 6.03 Å². The van der Waals surface area contributed by atoms with Crippen LogP contribution in [0.2, 0.25) is 0 Å². The van der Waals surface area contributed by atoms with E-state index in [-0.39, 0.29) is 11.9 Å². The molecule has 0 bridgehead atoms. The number of methoxy groups -OCH3 is 1. The number of likely N-dealkylation sites (tertiary alicyclic amines) is 1. The minimum Gasteiger partial charge on any atom is -0.383 e. The molecular formula is C22H33N3O3S. The van der Waals surface area contributed by atoms with Crippen LogP contribution in [0.5, 0.6) is 0 Å². The highest BCUT2D eigenvalue weighted by Gasteiger charge is 2.57. The largest absolute Gasteiger partial charge is 0.383 e. The first-order valence-corrected chi connectivity index (χ1v) is 11.8. The molecule has 1 aromatic rings. The fourth-order valence-electron chi connectivity index (χ4n) is 4.52. The Kier molecular flexibility index (Phi) is 7.60. The van der Waals surface area contributed by atoms with Crippen molar-refractivity contribution in [1.82, 2.24) is 14.7 Å². The molecule has 160 valence electrons. The molecule has 29 heavy (non-hydrogen) atoms. The maximum Gasteiger partial charge on any atom is 0.327 e. The quantitative estimate of drug-likeness (QED) is 0.576. The number of benzene rings is 1. The number of nitrogens with zero attached hydrogens (tertiary/aromatic N) is 3. The van der Waals surface area contributed by atoms with Gasteiger partial charge in [-0.05, 0) is 38.0 Å². The zero-order valence-electron chi connectivity index (χ0n) is 17.8. The van der Waals surface area contributed by atoms with Gasteiger partial charge in [-0.25, -0.2) is 4.79 Å². The molecule has 2 aliphatic rings. The Hall–Kier alpha value is -1.57. The average Bonchev–Trinajstić information content (AvgIpc) is 2.92. The van der Waals surface area contributed by atoms with Gasteiger partial charge in [-0.3, -0.25) is 14.6 Å². The smallest absolute Gasteiger partial charge is 0.327 e. The van der Waals surface area contributed by atoms with E-state index in [1.54, 1.807) is 7.11 Å². The number of piperidine rings is 1. The van der Waals surface area contributed by atoms with Gasteiger partial charge in [-0.15, -0.1) is 0 Å². The van der Waals surface area contributed by atoms with Gasteiger partial charge in [0, 0.05) is 38.5 Å². The summed E-state index contributed by atoms with van der Waals surface area (Å²) in [5.41, 5.74) is 0.485. The zero-order chi connectivity index (χ0) is 20.9. The number of carbonyl (C=O) groups is 2. The molecule has 1 atom stereocenters. The van der Waals surface area contributed by atoms with Crippen LogP contribution in [0, 0.1) is 0 Å². The summed E-state index contributed by atoms with van der Waals surface area (Å²) in [7, 11) is 1.60. The van der Waals surface area contributed by atoms with E-state index in [0.717, 1.165) is 25.3 Å². The van der Waals surface area contributed by atoms with Gasteiger partial charge in [0.25, 0.3) is 5.91 Å². The summed E-state index contributed by atoms with van der Waals surface area (Å²) in [6.45, 7) is 5.20. The van der Waals surface area contributed by atoms with E-state index in [1.807, 2.05) is 34.9 Å². The molecule has 3 amide bonds. The lowest BCUT2D eigenvalue weighted by molar-refractivity contribution is -0.136. The second-order valence-corrected chi connectivity index (χ2v) is 8.90. The summed E-state index contributed by atoms with van der Waals surface area (Å²) in [5.74, 6) is 1.04. The van der Waals surface area contributed by atoms with Gasteiger partial charge in [-0.2, -0.15) is 11.8 Å². The molecule has 2 saturated heterocycles. The molecule has 1 aromatic carbocycles. The van der Waals surface area contributed by atoms with Crippen LogP contribution >= 0.6 is 11.8 Å². The van der Waals surface area contributed by atoms with E-state index in [1.165, 1.54) is 10.5 Å². The van der Waals surface area contributed by atoms with Crippen molar-refractivity contribution in [2.45, 2.75) is 37.8 Å². The van der Waals surface area contributed by atoms with Crippen LogP contribution in [-0.2, 0) is 16.0 Å². The molecule has 3 rings (SSSR count). The predicted octanol–water partition coefficient (Wildman–Crippen LogP) is 2.73. The third-order valence-corrected chi connectivity index (χ3v) is 7.08. The first kappa shape index (κ1) is 22.1. The van der Waals surface area contributed by atoms with Gasteiger partial charge in [0.1, 0.15) is 5.54 Å². The van der Waals surface area contributed by atoms with Crippen molar-refractivity contribution >= 4 is 23.7 Å². The number of carbonyl (C=O) groups excluding carboxylic acids is 2. The van der Waals surface area contributed by atoms with Crippen molar-refractivity contribution in [3.8, 4) is 0 Å². The fourth-order valence-corrected chi connectivity index (χ4v) is 5.22. The highest BCUT2D eigenvalue weighted by molar-refractivity contribution is 7.98. The molecule has 2 fully saturated rings. The lowest BCUT2D eigenvalue weighted by Crippen LogP contribution is -2.58. The maximum atomic E-state index is 13.4. The summed E-state index contributed by atoms with van der Waals surface area (Å²) in [5, 5.41) is 0. The second kappa shape index (κ2) is 9.96. The van der Waals surface area contributed by atoms with Gasteiger partial charge in [0.05, 0.1) is 13.2 Å². The number of ether oxygens (including phenoxy) is 1. The van der Waals surface area contributed by atoms with Gasteiger partial charge in [-0.1, -0.05) is 30.3 Å². The van der Waals surface area contributed by atoms with Crippen LogP contribution in [0.4, 0.5) is 4.79 Å². The van der Waals surface area contributed by atoms with Crippen molar-refractivity contribution in [3.05, 3.63) is 35.9 Å². The Bertz CT molecular complexity index is 692. The molecule has 0 aromatic heterocycles. The van der Waals surface area contributed by atoms with E-state index in [4.69, 9.17) is 4.74 Å². The minimum absolute atomic E-state index is 0.0372. The third kappa shape index (κ3) is 4.62. The number of thioether (sulfide) groups is 1. The lowest BCUT2D eigenvalue weighted by atomic mass is 9.85. The van der Waals surface area contributed by atoms with Crippen molar-refractivity contribution in [1.29, 1.82) is 0 Å². The highest BCUT2D eigenvalue weighted by atomic mass is 32.2. The monoisotopic (exact) mass is 419 g/mol. The molecule has 0 N–H and O–H groups in total. The lowest BCUT2D eigenvalue weighted by Gasteiger charge is -2.44. The van der Waals surface area contributed by atoms with E-state index in [0.29, 0.717) is 38.6 Å². The Morgan fingerprint density at radius 3 is 2.45 bits per heavy atom. The predicted molar refractivity (Wildman–Crippen MR) is 117 cm³/mol. The van der Waals surface area contributed by atoms with E-state index >= 15 is 0 Å². The van der Waals surface area contributed by atoms with Crippen molar-refractivity contribution in [3.63, 3.8) is 0 Å². The van der Waals surface area contributed by atoms with Crippen molar-refractivity contribution in [2.24, 2.45) is 0 Å². The Labute approximate surface area is 178 Å². The average molecular weight is 420 g/mol. The van der Waals surface area contributed by atoms with Crippen molar-refractivity contribution < 1.29 is 14.3 Å². The van der Waals surface area contributed by atoms with Crippen molar-refractivity contribution in [2.75, 3.05) is 51.9 Å². The highest BCUT2D eigenvalue weighted by Crippen LogP contribution is 2.38. The summed E-state index contributed by atoms with van der Waals surface area (Å²) in [6.07, 6.45) is 4.29. The van der Waals surface area contributed by atoms with E-state index in [9.17, 15) is 9.59 Å². The molecule has 0 aliphatic carbocycles. The number of imide groups is 1. The van der Waals surface area contributed by atoms with Gasteiger partial charge in [0.15, 0.2) is 0 Å². The number of amides is 3. The molecule has 2 heterocycles. The molecule has 0 saturated carbocycles. The van der Waals surface area contributed by atoms with Gasteiger partial charge in [0.2, 0.25) is 0 Å². The van der Waals surface area contributed by atoms with Crippen LogP contribution in [-0.4, -0.2) is 90.1 Å². The van der Waals surface area contributed by atoms with Crippen LogP contribution in [0.3, 0.4) is 0 Å². The number of hydrogen-bond acceptors (Lipinski definition) is 5. The first-order chi connectivity index (χ1) is 14.0.